The third kappa shape index (κ3) is 4.94. The minimum Gasteiger partial charge on any atom is -0.423 e. The fraction of sp³-hybridized carbons (Fsp3) is 0. The first-order valence-electron chi connectivity index (χ1n) is 9.64. The predicted molar refractivity (Wildman–Crippen MR) is 119 cm³/mol. The number of carbonyl (C=O) groups is 2. The molecule has 1 N–H and O–H groups in total. The number of para-hydroxylation sites is 1. The van der Waals surface area contributed by atoms with Crippen molar-refractivity contribution >= 4 is 18.1 Å². The minimum absolute atomic E-state index is 0.311. The summed E-state index contributed by atoms with van der Waals surface area (Å²) in [6, 6.07) is 26.7. The van der Waals surface area contributed by atoms with E-state index in [0.29, 0.717) is 16.9 Å². The van der Waals surface area contributed by atoms with Crippen LogP contribution < -0.4 is 10.2 Å². The molecule has 0 fully saturated rings. The van der Waals surface area contributed by atoms with Crippen LogP contribution in [-0.4, -0.2) is 22.7 Å². The van der Waals surface area contributed by atoms with Crippen molar-refractivity contribution in [3.8, 4) is 11.4 Å². The molecule has 0 unspecified atom stereocenters. The van der Waals surface area contributed by atoms with Gasteiger partial charge in [0.2, 0.25) is 0 Å². The number of ether oxygens (including phenoxy) is 1. The number of nitrogens with one attached hydrogen (secondary N) is 1. The van der Waals surface area contributed by atoms with E-state index in [9.17, 15) is 9.59 Å². The zero-order valence-corrected chi connectivity index (χ0v) is 16.5. The first-order valence-corrected chi connectivity index (χ1v) is 9.64. The fourth-order valence-electron chi connectivity index (χ4n) is 2.97. The Morgan fingerprint density at radius 1 is 0.806 bits per heavy atom. The van der Waals surface area contributed by atoms with E-state index in [0.717, 1.165) is 11.3 Å². The van der Waals surface area contributed by atoms with Crippen molar-refractivity contribution in [2.45, 2.75) is 0 Å². The first-order chi connectivity index (χ1) is 15.2. The molecule has 0 saturated heterocycles. The molecule has 0 bridgehead atoms. The maximum atomic E-state index is 12.6. The molecular formula is C25H19N3O3. The summed E-state index contributed by atoms with van der Waals surface area (Å²) in [5, 5.41) is 4.04. The number of rotatable bonds is 6. The van der Waals surface area contributed by atoms with Crippen LogP contribution in [0.2, 0.25) is 0 Å². The van der Waals surface area contributed by atoms with E-state index in [1.807, 2.05) is 47.3 Å². The molecule has 152 valence electrons. The van der Waals surface area contributed by atoms with Crippen LogP contribution in [0.15, 0.2) is 108 Å². The summed E-state index contributed by atoms with van der Waals surface area (Å²) in [6.07, 6.45) is 5.28. The van der Waals surface area contributed by atoms with Crippen molar-refractivity contribution in [2.75, 3.05) is 0 Å². The van der Waals surface area contributed by atoms with Crippen LogP contribution in [0.4, 0.5) is 0 Å². The van der Waals surface area contributed by atoms with Crippen LogP contribution in [0, 0.1) is 0 Å². The molecule has 1 amide bonds. The van der Waals surface area contributed by atoms with Gasteiger partial charge in [-0.15, -0.1) is 0 Å². The van der Waals surface area contributed by atoms with Gasteiger partial charge in [-0.05, 0) is 66.2 Å². The molecule has 0 atom stereocenters. The van der Waals surface area contributed by atoms with Crippen LogP contribution in [0.5, 0.6) is 5.75 Å². The summed E-state index contributed by atoms with van der Waals surface area (Å²) in [4.78, 5) is 24.7. The summed E-state index contributed by atoms with van der Waals surface area (Å²) in [7, 11) is 0. The Morgan fingerprint density at radius 2 is 1.48 bits per heavy atom. The van der Waals surface area contributed by atoms with E-state index in [2.05, 4.69) is 10.5 Å². The highest BCUT2D eigenvalue weighted by molar-refractivity contribution is 5.98. The largest absolute Gasteiger partial charge is 0.423 e. The lowest BCUT2D eigenvalue weighted by Crippen LogP contribution is -2.19. The number of amides is 1. The number of aromatic nitrogens is 1. The molecule has 0 aliphatic heterocycles. The molecular weight excluding hydrogens is 390 g/mol. The number of benzene rings is 3. The van der Waals surface area contributed by atoms with Crippen LogP contribution in [0.1, 0.15) is 26.3 Å². The summed E-state index contributed by atoms with van der Waals surface area (Å²) in [5.41, 5.74) is 5.06. The van der Waals surface area contributed by atoms with Gasteiger partial charge in [-0.25, -0.2) is 10.2 Å². The molecule has 0 saturated carbocycles. The van der Waals surface area contributed by atoms with E-state index in [1.54, 1.807) is 60.7 Å². The quantitative estimate of drug-likeness (QED) is 0.221. The molecule has 31 heavy (non-hydrogen) atoms. The van der Waals surface area contributed by atoms with Crippen molar-refractivity contribution in [2.24, 2.45) is 5.10 Å². The third-order valence-corrected chi connectivity index (χ3v) is 4.51. The van der Waals surface area contributed by atoms with E-state index in [1.165, 1.54) is 6.21 Å². The van der Waals surface area contributed by atoms with Gasteiger partial charge in [0.1, 0.15) is 5.75 Å². The van der Waals surface area contributed by atoms with Gasteiger partial charge in [-0.3, -0.25) is 4.79 Å². The fourth-order valence-corrected chi connectivity index (χ4v) is 2.97. The standard InChI is InChI=1S/C25H19N3O3/c29-24(22-10-4-5-11-23(22)28-16-6-7-17-28)27-26-18-19-12-14-21(15-13-19)31-25(30)20-8-2-1-3-9-20/h1-18H,(H,27,29)/b26-18-. The summed E-state index contributed by atoms with van der Waals surface area (Å²) in [5.74, 6) is -0.305. The zero-order valence-electron chi connectivity index (χ0n) is 16.5. The van der Waals surface area contributed by atoms with Crippen LogP contribution in [-0.2, 0) is 0 Å². The van der Waals surface area contributed by atoms with Gasteiger partial charge < -0.3 is 9.30 Å². The highest BCUT2D eigenvalue weighted by Gasteiger charge is 2.11. The van der Waals surface area contributed by atoms with E-state index < -0.39 is 5.97 Å². The third-order valence-electron chi connectivity index (χ3n) is 4.51. The van der Waals surface area contributed by atoms with E-state index >= 15 is 0 Å². The Morgan fingerprint density at radius 3 is 2.23 bits per heavy atom. The summed E-state index contributed by atoms with van der Waals surface area (Å²) >= 11 is 0. The highest BCUT2D eigenvalue weighted by atomic mass is 16.5. The van der Waals surface area contributed by atoms with Gasteiger partial charge in [0.15, 0.2) is 0 Å². The molecule has 6 heteroatoms. The number of hydrazone groups is 1. The average Bonchev–Trinajstić information content (AvgIpc) is 3.35. The first kappa shape index (κ1) is 19.8. The Labute approximate surface area is 179 Å². The number of carbonyl (C=O) groups excluding carboxylic acids is 2. The van der Waals surface area contributed by atoms with Crippen LogP contribution in [0.25, 0.3) is 5.69 Å². The predicted octanol–water partition coefficient (Wildman–Crippen LogP) is 4.46. The van der Waals surface area contributed by atoms with Crippen molar-refractivity contribution in [1.82, 2.24) is 9.99 Å². The van der Waals surface area contributed by atoms with Crippen molar-refractivity contribution in [3.05, 3.63) is 120 Å². The zero-order chi connectivity index (χ0) is 21.5. The summed E-state index contributed by atoms with van der Waals surface area (Å²) in [6.45, 7) is 0. The minimum atomic E-state index is -0.421. The van der Waals surface area contributed by atoms with E-state index in [4.69, 9.17) is 4.74 Å². The number of nitrogens with zero attached hydrogens (tertiary/aromatic N) is 2. The SMILES string of the molecule is O=C(Oc1ccc(/C=N\NC(=O)c2ccccc2-n2cccc2)cc1)c1ccccc1. The number of hydrogen-bond acceptors (Lipinski definition) is 4. The van der Waals surface area contributed by atoms with Crippen LogP contribution in [0.3, 0.4) is 0 Å². The Balaban J connectivity index is 1.38. The molecule has 0 radical (unpaired) electrons. The molecule has 4 rings (SSSR count). The maximum absolute atomic E-state index is 12.6. The van der Waals surface area contributed by atoms with Crippen molar-refractivity contribution in [1.29, 1.82) is 0 Å². The average molecular weight is 409 g/mol. The normalized spacial score (nSPS) is 10.7. The monoisotopic (exact) mass is 409 g/mol. The lowest BCUT2D eigenvalue weighted by Gasteiger charge is -2.09. The van der Waals surface area contributed by atoms with Gasteiger partial charge in [0.25, 0.3) is 5.91 Å². The number of hydrogen-bond donors (Lipinski definition) is 1. The number of esters is 1. The summed E-state index contributed by atoms with van der Waals surface area (Å²) < 4.78 is 7.22. The van der Waals surface area contributed by atoms with E-state index in [-0.39, 0.29) is 5.91 Å². The van der Waals surface area contributed by atoms with Crippen LogP contribution >= 0.6 is 0 Å². The topological polar surface area (TPSA) is 72.7 Å². The Bertz CT molecular complexity index is 1200. The van der Waals surface area contributed by atoms with Gasteiger partial charge in [-0.2, -0.15) is 5.10 Å². The molecule has 0 aliphatic carbocycles. The molecule has 1 heterocycles. The maximum Gasteiger partial charge on any atom is 0.343 e. The second-order valence-corrected chi connectivity index (χ2v) is 6.63. The highest BCUT2D eigenvalue weighted by Crippen LogP contribution is 2.15. The smallest absolute Gasteiger partial charge is 0.343 e. The molecule has 0 spiro atoms. The molecule has 3 aromatic carbocycles. The van der Waals surface area contributed by atoms with Gasteiger partial charge in [0.05, 0.1) is 23.0 Å². The Hall–Kier alpha value is -4.45. The van der Waals surface area contributed by atoms with Gasteiger partial charge >= 0.3 is 5.97 Å². The second-order valence-electron chi connectivity index (χ2n) is 6.63. The lowest BCUT2D eigenvalue weighted by atomic mass is 10.1. The Kier molecular flexibility index (Phi) is 6.00. The molecule has 4 aromatic rings. The molecule has 0 aliphatic rings. The lowest BCUT2D eigenvalue weighted by molar-refractivity contribution is 0.0734. The van der Waals surface area contributed by atoms with Crippen molar-refractivity contribution < 1.29 is 14.3 Å². The second kappa shape index (κ2) is 9.37. The van der Waals surface area contributed by atoms with Gasteiger partial charge in [0, 0.05) is 12.4 Å². The van der Waals surface area contributed by atoms with Crippen molar-refractivity contribution in [3.63, 3.8) is 0 Å². The van der Waals surface area contributed by atoms with Gasteiger partial charge in [-0.1, -0.05) is 30.3 Å². The molecule has 6 nitrogen and oxygen atoms in total. The molecule has 1 aromatic heterocycles.